The summed E-state index contributed by atoms with van der Waals surface area (Å²) < 4.78 is 4.48. The molecule has 25 heavy (non-hydrogen) atoms. The molecule has 0 unspecified atom stereocenters. The molecular weight excluding hydrogens is 336 g/mol. The van der Waals surface area contributed by atoms with Crippen LogP contribution in [-0.4, -0.2) is 35.0 Å². The zero-order valence-electron chi connectivity index (χ0n) is 15.1. The fourth-order valence-electron chi connectivity index (χ4n) is 2.37. The summed E-state index contributed by atoms with van der Waals surface area (Å²) in [6.45, 7) is 8.03. The molecule has 1 heterocycles. The SMILES string of the molecule is CCONC(=O)CCN(CC(C)C)c1nc(Cc2ccccc2)ns1. The van der Waals surface area contributed by atoms with E-state index in [2.05, 4.69) is 45.7 Å². The normalized spacial score (nSPS) is 10.9. The maximum atomic E-state index is 11.8. The van der Waals surface area contributed by atoms with E-state index in [1.807, 2.05) is 25.1 Å². The van der Waals surface area contributed by atoms with Gasteiger partial charge in [0.1, 0.15) is 5.82 Å². The lowest BCUT2D eigenvalue weighted by Gasteiger charge is -2.23. The number of carbonyl (C=O) groups excluding carboxylic acids is 1. The third kappa shape index (κ3) is 6.80. The van der Waals surface area contributed by atoms with Gasteiger partial charge in [-0.05, 0) is 18.4 Å². The maximum absolute atomic E-state index is 11.8. The summed E-state index contributed by atoms with van der Waals surface area (Å²) in [4.78, 5) is 23.5. The topological polar surface area (TPSA) is 67.3 Å². The smallest absolute Gasteiger partial charge is 0.245 e. The average Bonchev–Trinajstić information content (AvgIpc) is 3.05. The number of hydrogen-bond donors (Lipinski definition) is 1. The lowest BCUT2D eigenvalue weighted by Crippen LogP contribution is -2.33. The van der Waals surface area contributed by atoms with E-state index in [4.69, 9.17) is 4.84 Å². The molecule has 0 radical (unpaired) electrons. The minimum atomic E-state index is -0.121. The van der Waals surface area contributed by atoms with E-state index in [-0.39, 0.29) is 5.91 Å². The number of nitrogens with zero attached hydrogens (tertiary/aromatic N) is 3. The molecule has 1 aromatic carbocycles. The monoisotopic (exact) mass is 362 g/mol. The van der Waals surface area contributed by atoms with E-state index in [1.54, 1.807) is 0 Å². The fourth-order valence-corrected chi connectivity index (χ4v) is 3.09. The number of carbonyl (C=O) groups is 1. The first-order chi connectivity index (χ1) is 12.1. The van der Waals surface area contributed by atoms with E-state index < -0.39 is 0 Å². The molecule has 2 rings (SSSR count). The second-order valence-corrected chi connectivity index (χ2v) is 6.93. The van der Waals surface area contributed by atoms with Crippen molar-refractivity contribution >= 4 is 22.6 Å². The van der Waals surface area contributed by atoms with Gasteiger partial charge in [-0.2, -0.15) is 4.37 Å². The highest BCUT2D eigenvalue weighted by molar-refractivity contribution is 7.09. The van der Waals surface area contributed by atoms with Crippen LogP contribution in [0.2, 0.25) is 0 Å². The first kappa shape index (κ1) is 19.3. The van der Waals surface area contributed by atoms with Gasteiger partial charge in [0, 0.05) is 37.5 Å². The van der Waals surface area contributed by atoms with Gasteiger partial charge in [0.15, 0.2) is 0 Å². The van der Waals surface area contributed by atoms with Crippen molar-refractivity contribution in [2.45, 2.75) is 33.6 Å². The molecule has 136 valence electrons. The molecule has 0 aliphatic carbocycles. The van der Waals surface area contributed by atoms with Crippen LogP contribution in [0, 0.1) is 5.92 Å². The van der Waals surface area contributed by atoms with Crippen LogP contribution < -0.4 is 10.4 Å². The van der Waals surface area contributed by atoms with Gasteiger partial charge in [-0.25, -0.2) is 10.5 Å². The third-order valence-corrected chi connectivity index (χ3v) is 4.27. The average molecular weight is 362 g/mol. The van der Waals surface area contributed by atoms with Gasteiger partial charge in [0.2, 0.25) is 11.0 Å². The Morgan fingerprint density at radius 3 is 2.76 bits per heavy atom. The molecule has 1 amide bonds. The number of nitrogens with one attached hydrogen (secondary N) is 1. The maximum Gasteiger partial charge on any atom is 0.245 e. The van der Waals surface area contributed by atoms with Crippen LogP contribution >= 0.6 is 11.5 Å². The number of rotatable bonds is 10. The largest absolute Gasteiger partial charge is 0.346 e. The Balaban J connectivity index is 1.98. The zero-order valence-corrected chi connectivity index (χ0v) is 15.9. The zero-order chi connectivity index (χ0) is 18.1. The van der Waals surface area contributed by atoms with E-state index in [9.17, 15) is 4.79 Å². The number of aromatic nitrogens is 2. The van der Waals surface area contributed by atoms with Gasteiger partial charge in [-0.3, -0.25) is 9.63 Å². The Kier molecular flexibility index (Phi) is 7.81. The summed E-state index contributed by atoms with van der Waals surface area (Å²) in [6.07, 6.45) is 1.08. The van der Waals surface area contributed by atoms with Crippen molar-refractivity contribution in [2.24, 2.45) is 5.92 Å². The highest BCUT2D eigenvalue weighted by Crippen LogP contribution is 2.20. The molecule has 0 bridgehead atoms. The van der Waals surface area contributed by atoms with Crippen molar-refractivity contribution < 1.29 is 9.63 Å². The predicted octanol–water partition coefficient (Wildman–Crippen LogP) is 3.05. The van der Waals surface area contributed by atoms with Crippen LogP contribution in [0.4, 0.5) is 5.13 Å². The van der Waals surface area contributed by atoms with Gasteiger partial charge < -0.3 is 4.90 Å². The first-order valence-electron chi connectivity index (χ1n) is 8.60. The van der Waals surface area contributed by atoms with Crippen LogP contribution in [0.15, 0.2) is 30.3 Å². The Morgan fingerprint density at radius 2 is 2.08 bits per heavy atom. The van der Waals surface area contributed by atoms with Crippen molar-refractivity contribution in [3.63, 3.8) is 0 Å². The Morgan fingerprint density at radius 1 is 1.32 bits per heavy atom. The highest BCUT2D eigenvalue weighted by atomic mass is 32.1. The summed E-state index contributed by atoms with van der Waals surface area (Å²) in [5.41, 5.74) is 3.63. The van der Waals surface area contributed by atoms with E-state index in [0.29, 0.717) is 25.5 Å². The summed E-state index contributed by atoms with van der Waals surface area (Å²) in [5.74, 6) is 1.17. The number of hydrogen-bond acceptors (Lipinski definition) is 6. The lowest BCUT2D eigenvalue weighted by molar-refractivity contribution is -0.132. The van der Waals surface area contributed by atoms with E-state index in [1.165, 1.54) is 17.1 Å². The standard InChI is InChI=1S/C18H26N4O2S/c1-4-24-20-17(23)10-11-22(13-14(2)3)18-19-16(21-25-18)12-15-8-6-5-7-9-15/h5-9,14H,4,10-13H2,1-3H3,(H,20,23). The molecule has 7 heteroatoms. The van der Waals surface area contributed by atoms with Crippen molar-refractivity contribution in [1.82, 2.24) is 14.8 Å². The van der Waals surface area contributed by atoms with Crippen molar-refractivity contribution in [2.75, 3.05) is 24.6 Å². The van der Waals surface area contributed by atoms with Crippen molar-refractivity contribution in [3.05, 3.63) is 41.7 Å². The Bertz CT molecular complexity index is 646. The summed E-state index contributed by atoms with van der Waals surface area (Å²) in [7, 11) is 0. The van der Waals surface area contributed by atoms with Gasteiger partial charge in [0.25, 0.3) is 0 Å². The summed E-state index contributed by atoms with van der Waals surface area (Å²) in [5, 5.41) is 0.865. The number of benzene rings is 1. The molecule has 1 aromatic heterocycles. The summed E-state index contributed by atoms with van der Waals surface area (Å²) in [6, 6.07) is 10.2. The van der Waals surface area contributed by atoms with Crippen molar-refractivity contribution in [1.29, 1.82) is 0 Å². The fraction of sp³-hybridized carbons (Fsp3) is 0.500. The van der Waals surface area contributed by atoms with E-state index in [0.717, 1.165) is 23.9 Å². The number of hydroxylamine groups is 1. The van der Waals surface area contributed by atoms with Crippen LogP contribution in [0.1, 0.15) is 38.6 Å². The summed E-state index contributed by atoms with van der Waals surface area (Å²) >= 11 is 1.39. The predicted molar refractivity (Wildman–Crippen MR) is 101 cm³/mol. The molecule has 0 saturated heterocycles. The first-order valence-corrected chi connectivity index (χ1v) is 9.38. The molecule has 0 fully saturated rings. The lowest BCUT2D eigenvalue weighted by atomic mass is 10.1. The van der Waals surface area contributed by atoms with E-state index >= 15 is 0 Å². The second kappa shape index (κ2) is 10.1. The highest BCUT2D eigenvalue weighted by Gasteiger charge is 2.16. The van der Waals surface area contributed by atoms with Gasteiger partial charge >= 0.3 is 0 Å². The quantitative estimate of drug-likeness (QED) is 0.658. The molecule has 0 aliphatic heterocycles. The molecule has 6 nitrogen and oxygen atoms in total. The van der Waals surface area contributed by atoms with Gasteiger partial charge in [-0.15, -0.1) is 0 Å². The van der Waals surface area contributed by atoms with Crippen molar-refractivity contribution in [3.8, 4) is 0 Å². The molecule has 1 N–H and O–H groups in total. The van der Waals surface area contributed by atoms with Crippen LogP contribution in [0.5, 0.6) is 0 Å². The molecule has 2 aromatic rings. The van der Waals surface area contributed by atoms with Gasteiger partial charge in [0.05, 0.1) is 6.61 Å². The molecular formula is C18H26N4O2S. The Labute approximate surface area is 153 Å². The van der Waals surface area contributed by atoms with Crippen LogP contribution in [0.3, 0.4) is 0 Å². The minimum Gasteiger partial charge on any atom is -0.346 e. The molecule has 0 aliphatic rings. The Hall–Kier alpha value is -1.99. The van der Waals surface area contributed by atoms with Crippen LogP contribution in [-0.2, 0) is 16.1 Å². The number of anilines is 1. The molecule has 0 saturated carbocycles. The minimum absolute atomic E-state index is 0.121. The van der Waals surface area contributed by atoms with Gasteiger partial charge in [-0.1, -0.05) is 44.2 Å². The second-order valence-electron chi connectivity index (χ2n) is 6.20. The molecule has 0 spiro atoms. The van der Waals surface area contributed by atoms with Crippen LogP contribution in [0.25, 0.3) is 0 Å². The number of amides is 1. The molecule has 0 atom stereocenters. The third-order valence-electron chi connectivity index (χ3n) is 3.46.